The fourth-order valence-corrected chi connectivity index (χ4v) is 7.20. The number of Topliss-reactive ketones (excluding diaryl/α,β-unsaturated/α-hetero) is 2. The second kappa shape index (κ2) is 4.70. The third kappa shape index (κ3) is 1.39. The Hall–Kier alpha value is -1.30. The first kappa shape index (κ1) is 15.9. The van der Waals surface area contributed by atoms with Gasteiger partial charge < -0.3 is 14.6 Å². The van der Waals surface area contributed by atoms with E-state index in [9.17, 15) is 14.7 Å². The minimum absolute atomic E-state index is 0.0230. The van der Waals surface area contributed by atoms with Crippen molar-refractivity contribution in [3.63, 3.8) is 0 Å². The van der Waals surface area contributed by atoms with Crippen LogP contribution in [0.1, 0.15) is 32.1 Å². The first-order valence-electron chi connectivity index (χ1n) is 9.23. The molecule has 2 spiro atoms. The molecule has 0 amide bonds. The lowest BCUT2D eigenvalue weighted by Crippen LogP contribution is -2.76. The number of aliphatic hydroxyl groups excluding tert-OH is 1. The van der Waals surface area contributed by atoms with Gasteiger partial charge >= 0.3 is 0 Å². The van der Waals surface area contributed by atoms with Crippen molar-refractivity contribution in [3.8, 4) is 0 Å². The molecule has 5 bridgehead atoms. The van der Waals surface area contributed by atoms with Crippen molar-refractivity contribution in [2.24, 2.45) is 28.6 Å². The first-order chi connectivity index (χ1) is 12.0. The summed E-state index contributed by atoms with van der Waals surface area (Å²) in [4.78, 5) is 27.3. The minimum atomic E-state index is -1.20. The highest BCUT2D eigenvalue weighted by molar-refractivity contribution is 6.07. The van der Waals surface area contributed by atoms with E-state index in [4.69, 9.17) is 9.47 Å². The number of carbonyl (C=O) groups excluding carboxylic acids is 2. The summed E-state index contributed by atoms with van der Waals surface area (Å²) in [6.07, 6.45) is 7.67. The topological polar surface area (TPSA) is 72.8 Å². The number of ketones is 2. The lowest BCUT2D eigenvalue weighted by atomic mass is 9.32. The molecule has 7 aliphatic rings. The van der Waals surface area contributed by atoms with Crippen LogP contribution in [0.25, 0.3) is 0 Å². The summed E-state index contributed by atoms with van der Waals surface area (Å²) in [5.74, 6) is -1.33. The monoisotopic (exact) mass is 344 g/mol. The quantitative estimate of drug-likeness (QED) is 0.624. The van der Waals surface area contributed by atoms with E-state index in [1.54, 1.807) is 0 Å². The van der Waals surface area contributed by atoms with E-state index < -0.39 is 16.6 Å². The van der Waals surface area contributed by atoms with Crippen molar-refractivity contribution in [1.29, 1.82) is 0 Å². The minimum Gasteiger partial charge on any atom is -0.392 e. The van der Waals surface area contributed by atoms with Gasteiger partial charge in [-0.2, -0.15) is 0 Å². The number of allylic oxidation sites excluding steroid dienone is 3. The van der Waals surface area contributed by atoms with Gasteiger partial charge in [-0.05, 0) is 43.6 Å². The highest BCUT2D eigenvalue weighted by Gasteiger charge is 2.79. The molecular weight excluding hydrogens is 320 g/mol. The van der Waals surface area contributed by atoms with Gasteiger partial charge in [-0.1, -0.05) is 17.7 Å². The molecule has 134 valence electrons. The molecule has 0 aromatic carbocycles. The van der Waals surface area contributed by atoms with Crippen molar-refractivity contribution in [1.82, 2.24) is 0 Å². The van der Waals surface area contributed by atoms with Gasteiger partial charge in [-0.15, -0.1) is 0 Å². The Balaban J connectivity index is 1.72. The van der Waals surface area contributed by atoms with Crippen molar-refractivity contribution in [2.75, 3.05) is 20.8 Å². The molecule has 5 atom stereocenters. The lowest BCUT2D eigenvalue weighted by Gasteiger charge is -2.70. The molecule has 5 heteroatoms. The summed E-state index contributed by atoms with van der Waals surface area (Å²) in [6, 6.07) is 0. The average molecular weight is 344 g/mol. The van der Waals surface area contributed by atoms with Gasteiger partial charge in [0.25, 0.3) is 0 Å². The Morgan fingerprint density at radius 3 is 2.52 bits per heavy atom. The van der Waals surface area contributed by atoms with Crippen LogP contribution < -0.4 is 0 Å². The average Bonchev–Trinajstić information content (AvgIpc) is 2.65. The number of hydrogen-bond acceptors (Lipinski definition) is 5. The van der Waals surface area contributed by atoms with Crippen LogP contribution in [-0.2, 0) is 19.1 Å². The number of aliphatic hydroxyl groups is 1. The zero-order chi connectivity index (χ0) is 17.6. The van der Waals surface area contributed by atoms with E-state index in [1.165, 1.54) is 14.2 Å². The summed E-state index contributed by atoms with van der Waals surface area (Å²) < 4.78 is 11.3. The van der Waals surface area contributed by atoms with Crippen LogP contribution in [0, 0.1) is 28.6 Å². The maximum Gasteiger partial charge on any atom is 0.231 e. The SMILES string of the molecule is COC1(OC)C(=O)[C@]23CC[C@]45C(=O)[C@H]2C[C@H]1C[C@H]3C4=CCC=C5CO. The van der Waals surface area contributed by atoms with Gasteiger partial charge in [0, 0.05) is 26.1 Å². The number of methoxy groups -OCH3 is 2. The van der Waals surface area contributed by atoms with Crippen LogP contribution >= 0.6 is 0 Å². The van der Waals surface area contributed by atoms with E-state index in [-0.39, 0.29) is 35.9 Å². The van der Waals surface area contributed by atoms with Crippen LogP contribution in [0.4, 0.5) is 0 Å². The Kier molecular flexibility index (Phi) is 2.99. The molecule has 0 aromatic heterocycles. The fourth-order valence-electron chi connectivity index (χ4n) is 7.20. The predicted molar refractivity (Wildman–Crippen MR) is 88.4 cm³/mol. The number of fused-ring (bicyclic) bond motifs is 2. The van der Waals surface area contributed by atoms with Crippen molar-refractivity contribution in [2.45, 2.75) is 37.9 Å². The van der Waals surface area contributed by atoms with E-state index in [2.05, 4.69) is 6.08 Å². The van der Waals surface area contributed by atoms with Crippen molar-refractivity contribution >= 4 is 11.6 Å². The maximum absolute atomic E-state index is 13.6. The fraction of sp³-hybridized carbons (Fsp3) is 0.700. The Morgan fingerprint density at radius 2 is 1.84 bits per heavy atom. The van der Waals surface area contributed by atoms with Gasteiger partial charge in [0.1, 0.15) is 0 Å². The third-order valence-corrected chi connectivity index (χ3v) is 8.11. The molecule has 6 saturated carbocycles. The van der Waals surface area contributed by atoms with Crippen LogP contribution in [0.5, 0.6) is 0 Å². The highest BCUT2D eigenvalue weighted by atomic mass is 16.7. The first-order valence-corrected chi connectivity index (χ1v) is 9.23. The van der Waals surface area contributed by atoms with Gasteiger partial charge in [-0.25, -0.2) is 0 Å². The maximum atomic E-state index is 13.6. The highest BCUT2D eigenvalue weighted by Crippen LogP contribution is 2.75. The smallest absolute Gasteiger partial charge is 0.231 e. The molecule has 6 fully saturated rings. The second-order valence-electron chi connectivity index (χ2n) is 8.27. The number of hydrogen-bond donors (Lipinski definition) is 1. The summed E-state index contributed by atoms with van der Waals surface area (Å²) in [7, 11) is 3.08. The molecule has 0 aliphatic heterocycles. The lowest BCUT2D eigenvalue weighted by molar-refractivity contribution is -0.283. The standard InChI is InChI=1S/C20H24O5/c1-24-20(25-2)12-8-14-13-5-3-4-11(10-21)18(13)6-7-19(14,17(20)23)15(9-12)16(18)22/h4-5,12,14-15,21H,3,6-10H2,1-2H3/t12-,14+,15-,18-,19+/m1/s1. The molecular formula is C20H24O5. The van der Waals surface area contributed by atoms with Gasteiger partial charge in [0.05, 0.1) is 17.4 Å². The van der Waals surface area contributed by atoms with Crippen molar-refractivity contribution in [3.05, 3.63) is 23.3 Å². The molecule has 7 aliphatic carbocycles. The summed E-state index contributed by atoms with van der Waals surface area (Å²) in [5, 5.41) is 9.91. The predicted octanol–water partition coefficient (Wildman–Crippen LogP) is 1.80. The van der Waals surface area contributed by atoms with Gasteiger partial charge in [0.2, 0.25) is 5.79 Å². The molecule has 0 heterocycles. The summed E-state index contributed by atoms with van der Waals surface area (Å²) in [5.41, 5.74) is 0.638. The zero-order valence-electron chi connectivity index (χ0n) is 14.7. The van der Waals surface area contributed by atoms with Crippen LogP contribution in [0.15, 0.2) is 23.3 Å². The Morgan fingerprint density at radius 1 is 1.12 bits per heavy atom. The van der Waals surface area contributed by atoms with Crippen LogP contribution in [0.2, 0.25) is 0 Å². The van der Waals surface area contributed by atoms with Gasteiger partial charge in [-0.3, -0.25) is 9.59 Å². The summed E-state index contributed by atoms with van der Waals surface area (Å²) >= 11 is 0. The number of carbonyl (C=O) groups is 2. The number of rotatable bonds is 3. The van der Waals surface area contributed by atoms with E-state index in [0.29, 0.717) is 19.3 Å². The molecule has 0 saturated heterocycles. The largest absolute Gasteiger partial charge is 0.392 e. The molecule has 5 nitrogen and oxygen atoms in total. The zero-order valence-corrected chi connectivity index (χ0v) is 14.7. The van der Waals surface area contributed by atoms with E-state index in [1.807, 2.05) is 6.08 Å². The number of ether oxygens (including phenoxy) is 2. The van der Waals surface area contributed by atoms with E-state index >= 15 is 0 Å². The summed E-state index contributed by atoms with van der Waals surface area (Å²) in [6.45, 7) is -0.0764. The molecule has 0 unspecified atom stereocenters. The van der Waals surface area contributed by atoms with E-state index in [0.717, 1.165) is 24.0 Å². The Bertz CT molecular complexity index is 745. The van der Waals surface area contributed by atoms with Crippen molar-refractivity contribution < 1.29 is 24.2 Å². The van der Waals surface area contributed by atoms with Crippen LogP contribution in [0.3, 0.4) is 0 Å². The molecule has 25 heavy (non-hydrogen) atoms. The van der Waals surface area contributed by atoms with Gasteiger partial charge in [0.15, 0.2) is 11.6 Å². The molecule has 0 aromatic rings. The normalized spacial score (nSPS) is 46.0. The second-order valence-corrected chi connectivity index (χ2v) is 8.27. The third-order valence-electron chi connectivity index (χ3n) is 8.11. The molecule has 7 rings (SSSR count). The Labute approximate surface area is 147 Å². The molecule has 1 N–H and O–H groups in total. The molecule has 0 radical (unpaired) electrons. The van der Waals surface area contributed by atoms with Crippen LogP contribution in [-0.4, -0.2) is 43.3 Å².